The summed E-state index contributed by atoms with van der Waals surface area (Å²) in [6.07, 6.45) is 1.03. The molecule has 5 N–H and O–H groups in total. The molecule has 0 radical (unpaired) electrons. The van der Waals surface area contributed by atoms with Gasteiger partial charge in [0, 0.05) is 0 Å². The number of nitrogens with two attached hydrogens (primary N) is 2. The number of carbonyl (C=O) groups excluding carboxylic acids is 2. The molecular formula is C6H6N4O4. The predicted molar refractivity (Wildman–Crippen MR) is 44.1 cm³/mol. The summed E-state index contributed by atoms with van der Waals surface area (Å²) in [5.74, 6) is -3.55. The second kappa shape index (κ2) is 3.56. The van der Waals surface area contributed by atoms with Crippen LogP contribution in [0.25, 0.3) is 0 Å². The largest absolute Gasteiger partial charge is 0.409 e. The fraction of sp³-hybridized carbons (Fsp3) is 0. The van der Waals surface area contributed by atoms with E-state index in [1.54, 1.807) is 0 Å². The number of carbonyl (C=O) groups is 2. The Labute approximate surface area is 76.9 Å². The topological polar surface area (TPSA) is 141 Å². The lowest BCUT2D eigenvalue weighted by molar-refractivity contribution is -0.146. The Morgan fingerprint density at radius 1 is 1.50 bits per heavy atom. The van der Waals surface area contributed by atoms with Crippen LogP contribution < -0.4 is 21.8 Å². The number of esters is 1. The van der Waals surface area contributed by atoms with E-state index >= 15 is 0 Å². The molecule has 1 aromatic heterocycles. The minimum absolute atomic E-state index is 0.302. The minimum atomic E-state index is -1.38. The van der Waals surface area contributed by atoms with Crippen molar-refractivity contribution in [2.24, 2.45) is 5.73 Å². The van der Waals surface area contributed by atoms with Gasteiger partial charge in [-0.1, -0.05) is 0 Å². The Kier molecular flexibility index (Phi) is 2.47. The van der Waals surface area contributed by atoms with Crippen molar-refractivity contribution in [3.05, 3.63) is 16.7 Å². The summed E-state index contributed by atoms with van der Waals surface area (Å²) < 4.78 is 4.29. The normalized spacial score (nSPS) is 9.43. The van der Waals surface area contributed by atoms with Gasteiger partial charge in [-0.25, -0.2) is 9.78 Å². The molecular weight excluding hydrogens is 192 g/mol. The first-order valence-electron chi connectivity index (χ1n) is 3.37. The van der Waals surface area contributed by atoms with Gasteiger partial charge >= 0.3 is 11.9 Å². The van der Waals surface area contributed by atoms with E-state index in [-0.39, 0.29) is 5.82 Å². The van der Waals surface area contributed by atoms with Gasteiger partial charge in [0.2, 0.25) is 5.75 Å². The van der Waals surface area contributed by atoms with Crippen LogP contribution >= 0.6 is 0 Å². The maximum atomic E-state index is 11.0. The SMILES string of the molecule is NC(=O)C(=O)Oc1c(N)nc[nH]c1=O. The van der Waals surface area contributed by atoms with Gasteiger partial charge in [0.25, 0.3) is 5.56 Å². The first kappa shape index (κ1) is 9.71. The highest BCUT2D eigenvalue weighted by molar-refractivity contribution is 6.32. The second-order valence-electron chi connectivity index (χ2n) is 2.20. The second-order valence-corrected chi connectivity index (χ2v) is 2.20. The van der Waals surface area contributed by atoms with Crippen molar-refractivity contribution >= 4 is 17.7 Å². The first-order valence-corrected chi connectivity index (χ1v) is 3.37. The maximum absolute atomic E-state index is 11.0. The Bertz CT molecular complexity index is 438. The van der Waals surface area contributed by atoms with Gasteiger partial charge in [-0.3, -0.25) is 9.59 Å². The Morgan fingerprint density at radius 2 is 2.14 bits per heavy atom. The number of nitrogen functional groups attached to an aromatic ring is 1. The van der Waals surface area contributed by atoms with Crippen molar-refractivity contribution in [3.63, 3.8) is 0 Å². The van der Waals surface area contributed by atoms with Crippen LogP contribution in [0.4, 0.5) is 5.82 Å². The summed E-state index contributed by atoms with van der Waals surface area (Å²) in [7, 11) is 0. The number of nitrogens with one attached hydrogen (secondary N) is 1. The van der Waals surface area contributed by atoms with E-state index in [0.29, 0.717) is 0 Å². The van der Waals surface area contributed by atoms with Gasteiger partial charge in [0.1, 0.15) is 0 Å². The average Bonchev–Trinajstić information content (AvgIpc) is 2.11. The van der Waals surface area contributed by atoms with Crippen LogP contribution in [0.5, 0.6) is 5.75 Å². The Morgan fingerprint density at radius 3 is 2.64 bits per heavy atom. The molecule has 1 heterocycles. The number of aromatic nitrogens is 2. The predicted octanol–water partition coefficient (Wildman–Crippen LogP) is -2.26. The molecule has 0 unspecified atom stereocenters. The molecule has 0 aliphatic carbocycles. The third-order valence-corrected chi connectivity index (χ3v) is 1.23. The molecule has 8 heteroatoms. The van der Waals surface area contributed by atoms with Crippen LogP contribution in [0.3, 0.4) is 0 Å². The monoisotopic (exact) mass is 198 g/mol. The Balaban J connectivity index is 3.03. The molecule has 0 aromatic carbocycles. The van der Waals surface area contributed by atoms with Crippen molar-refractivity contribution in [1.29, 1.82) is 0 Å². The summed E-state index contributed by atoms with van der Waals surface area (Å²) in [4.78, 5) is 37.5. The van der Waals surface area contributed by atoms with Crippen LogP contribution in [0.2, 0.25) is 0 Å². The number of anilines is 1. The highest BCUT2D eigenvalue weighted by atomic mass is 16.5. The minimum Gasteiger partial charge on any atom is -0.409 e. The lowest BCUT2D eigenvalue weighted by Gasteiger charge is -2.01. The molecule has 0 saturated carbocycles. The number of amides is 1. The van der Waals surface area contributed by atoms with E-state index in [1.807, 2.05) is 0 Å². The van der Waals surface area contributed by atoms with E-state index < -0.39 is 23.2 Å². The molecule has 0 aliphatic rings. The molecule has 14 heavy (non-hydrogen) atoms. The van der Waals surface area contributed by atoms with Gasteiger partial charge in [0.15, 0.2) is 5.82 Å². The summed E-state index contributed by atoms with van der Waals surface area (Å²) in [6, 6.07) is 0. The fourth-order valence-electron chi connectivity index (χ4n) is 0.643. The molecule has 0 aliphatic heterocycles. The standard InChI is InChI=1S/C6H6N4O4/c7-3-2(5(12)10-1-9-3)14-6(13)4(8)11/h1H,(H2,8,11)(H3,7,9,10,12). The van der Waals surface area contributed by atoms with E-state index in [9.17, 15) is 14.4 Å². The summed E-state index contributed by atoms with van der Waals surface area (Å²) >= 11 is 0. The van der Waals surface area contributed by atoms with Crippen LogP contribution in [0, 0.1) is 0 Å². The van der Waals surface area contributed by atoms with E-state index in [2.05, 4.69) is 20.4 Å². The number of hydrogen-bond acceptors (Lipinski definition) is 6. The number of H-pyrrole nitrogens is 1. The first-order chi connectivity index (χ1) is 6.52. The number of nitrogens with zero attached hydrogens (tertiary/aromatic N) is 1. The molecule has 74 valence electrons. The number of hydrogen-bond donors (Lipinski definition) is 3. The van der Waals surface area contributed by atoms with Crippen molar-refractivity contribution in [2.75, 3.05) is 5.73 Å². The van der Waals surface area contributed by atoms with Gasteiger partial charge in [-0.05, 0) is 0 Å². The summed E-state index contributed by atoms with van der Waals surface area (Å²) in [5.41, 5.74) is 9.04. The lowest BCUT2D eigenvalue weighted by Crippen LogP contribution is -2.30. The lowest BCUT2D eigenvalue weighted by atomic mass is 10.5. The van der Waals surface area contributed by atoms with E-state index in [1.165, 1.54) is 0 Å². The van der Waals surface area contributed by atoms with E-state index in [4.69, 9.17) is 5.73 Å². The van der Waals surface area contributed by atoms with E-state index in [0.717, 1.165) is 6.33 Å². The zero-order valence-electron chi connectivity index (χ0n) is 6.81. The van der Waals surface area contributed by atoms with Crippen LogP contribution in [0.15, 0.2) is 11.1 Å². The molecule has 0 saturated heterocycles. The number of aromatic amines is 1. The zero-order chi connectivity index (χ0) is 10.7. The van der Waals surface area contributed by atoms with Gasteiger partial charge in [0.05, 0.1) is 6.33 Å². The molecule has 0 fully saturated rings. The number of primary amides is 1. The maximum Gasteiger partial charge on any atom is 0.402 e. The highest BCUT2D eigenvalue weighted by Crippen LogP contribution is 2.09. The van der Waals surface area contributed by atoms with Crippen molar-refractivity contribution in [2.45, 2.75) is 0 Å². The average molecular weight is 198 g/mol. The smallest absolute Gasteiger partial charge is 0.402 e. The summed E-state index contributed by atoms with van der Waals surface area (Å²) in [5, 5.41) is 0. The van der Waals surface area contributed by atoms with Crippen molar-refractivity contribution in [1.82, 2.24) is 9.97 Å². The van der Waals surface area contributed by atoms with Gasteiger partial charge in [-0.15, -0.1) is 0 Å². The Hall–Kier alpha value is -2.38. The van der Waals surface area contributed by atoms with Gasteiger partial charge in [-0.2, -0.15) is 0 Å². The summed E-state index contributed by atoms with van der Waals surface area (Å²) in [6.45, 7) is 0. The third kappa shape index (κ3) is 1.86. The zero-order valence-corrected chi connectivity index (χ0v) is 6.81. The third-order valence-electron chi connectivity index (χ3n) is 1.23. The molecule has 1 rings (SSSR count). The van der Waals surface area contributed by atoms with Crippen molar-refractivity contribution in [3.8, 4) is 5.75 Å². The highest BCUT2D eigenvalue weighted by Gasteiger charge is 2.16. The van der Waals surface area contributed by atoms with Crippen LogP contribution in [-0.4, -0.2) is 21.8 Å². The molecule has 1 amide bonds. The quantitative estimate of drug-likeness (QED) is 0.343. The number of ether oxygens (including phenoxy) is 1. The number of rotatable bonds is 1. The van der Waals surface area contributed by atoms with Crippen LogP contribution in [-0.2, 0) is 9.59 Å². The molecule has 0 atom stereocenters. The molecule has 0 bridgehead atoms. The molecule has 0 spiro atoms. The van der Waals surface area contributed by atoms with Crippen LogP contribution in [0.1, 0.15) is 0 Å². The van der Waals surface area contributed by atoms with Gasteiger partial charge < -0.3 is 21.2 Å². The fourth-order valence-corrected chi connectivity index (χ4v) is 0.643. The molecule has 8 nitrogen and oxygen atoms in total. The van der Waals surface area contributed by atoms with Crippen molar-refractivity contribution < 1.29 is 14.3 Å². The molecule has 1 aromatic rings.